The van der Waals surface area contributed by atoms with Crippen LogP contribution in [0.1, 0.15) is 18.4 Å². The van der Waals surface area contributed by atoms with Gasteiger partial charge in [0.2, 0.25) is 0 Å². The summed E-state index contributed by atoms with van der Waals surface area (Å²) in [4.78, 5) is 10.7. The van der Waals surface area contributed by atoms with E-state index in [2.05, 4.69) is 25.5 Å². The first kappa shape index (κ1) is 21.0. The predicted molar refractivity (Wildman–Crippen MR) is 124 cm³/mol. The Bertz CT molecular complexity index is 1040. The molecule has 0 spiro atoms. The zero-order valence-corrected chi connectivity index (χ0v) is 18.0. The number of piperidine rings is 1. The molecule has 1 aliphatic heterocycles. The molecule has 3 aromatic rings. The Hall–Kier alpha value is -3.26. The van der Waals surface area contributed by atoms with Gasteiger partial charge in [0.25, 0.3) is 0 Å². The number of hydrogen-bond donors (Lipinski definition) is 2. The second kappa shape index (κ2) is 9.70. The Morgan fingerprint density at radius 2 is 2.00 bits per heavy atom. The van der Waals surface area contributed by atoms with Gasteiger partial charge in [-0.2, -0.15) is 0 Å². The Morgan fingerprint density at radius 1 is 1.16 bits per heavy atom. The molecule has 1 saturated heterocycles. The number of pyridine rings is 2. The fourth-order valence-electron chi connectivity index (χ4n) is 3.49. The number of hydrogen-bond acceptors (Lipinski definition) is 5. The average Bonchev–Trinajstić information content (AvgIpc) is 2.77. The van der Waals surface area contributed by atoms with Gasteiger partial charge in [-0.25, -0.2) is 9.37 Å². The number of nitrogens with one attached hydrogen (secondary N) is 2. The monoisotopic (exact) mass is 437 g/mol. The SMILES string of the molecule is Cc1ccc(Oc2ccnc(N3CCC(NC(=S)Nc4cccnc4)CC3)c2)c(F)c1. The number of ether oxygens (including phenoxy) is 1. The van der Waals surface area contributed by atoms with E-state index in [-0.39, 0.29) is 17.6 Å². The molecule has 0 amide bonds. The topological polar surface area (TPSA) is 62.3 Å². The number of nitrogens with zero attached hydrogens (tertiary/aromatic N) is 3. The lowest BCUT2D eigenvalue weighted by molar-refractivity contribution is 0.439. The maximum Gasteiger partial charge on any atom is 0.171 e. The highest BCUT2D eigenvalue weighted by molar-refractivity contribution is 7.80. The van der Waals surface area contributed by atoms with Gasteiger partial charge < -0.3 is 20.3 Å². The molecule has 160 valence electrons. The van der Waals surface area contributed by atoms with Crippen LogP contribution in [0.2, 0.25) is 0 Å². The van der Waals surface area contributed by atoms with E-state index in [9.17, 15) is 4.39 Å². The van der Waals surface area contributed by atoms with Crippen LogP contribution < -0.4 is 20.3 Å². The summed E-state index contributed by atoms with van der Waals surface area (Å²) >= 11 is 5.41. The first-order valence-electron chi connectivity index (χ1n) is 10.2. The highest BCUT2D eigenvalue weighted by Crippen LogP contribution is 2.28. The van der Waals surface area contributed by atoms with Crippen molar-refractivity contribution in [2.45, 2.75) is 25.8 Å². The lowest BCUT2D eigenvalue weighted by atomic mass is 10.1. The Morgan fingerprint density at radius 3 is 2.74 bits per heavy atom. The van der Waals surface area contributed by atoms with Crippen LogP contribution in [0.25, 0.3) is 0 Å². The van der Waals surface area contributed by atoms with E-state index in [1.165, 1.54) is 6.07 Å². The van der Waals surface area contributed by atoms with Crippen molar-refractivity contribution in [2.24, 2.45) is 0 Å². The van der Waals surface area contributed by atoms with Crippen LogP contribution in [0.5, 0.6) is 11.5 Å². The van der Waals surface area contributed by atoms with Gasteiger partial charge in [0.1, 0.15) is 11.6 Å². The molecular formula is C23H24FN5OS. The molecule has 0 unspecified atom stereocenters. The molecule has 1 aliphatic rings. The van der Waals surface area contributed by atoms with E-state index >= 15 is 0 Å². The summed E-state index contributed by atoms with van der Waals surface area (Å²) in [5.41, 5.74) is 1.72. The maximum absolute atomic E-state index is 14.1. The van der Waals surface area contributed by atoms with E-state index in [0.29, 0.717) is 10.9 Å². The van der Waals surface area contributed by atoms with Crippen molar-refractivity contribution in [3.05, 3.63) is 72.4 Å². The fraction of sp³-hybridized carbons (Fsp3) is 0.261. The standard InChI is InChI=1S/C23H24FN5OS/c1-16-4-5-21(20(24)13-16)30-19-6-10-26-22(14-19)29-11-7-17(8-12-29)27-23(31)28-18-3-2-9-25-15-18/h2-6,9-10,13-15,17H,7-8,11-12H2,1H3,(H2,27,28,31). The molecule has 0 radical (unpaired) electrons. The third-order valence-electron chi connectivity index (χ3n) is 5.11. The zero-order valence-electron chi connectivity index (χ0n) is 17.2. The maximum atomic E-state index is 14.1. The lowest BCUT2D eigenvalue weighted by Gasteiger charge is -2.33. The number of aryl methyl sites for hydroxylation is 1. The summed E-state index contributed by atoms with van der Waals surface area (Å²) < 4.78 is 19.8. The minimum Gasteiger partial charge on any atom is -0.454 e. The molecule has 0 bridgehead atoms. The lowest BCUT2D eigenvalue weighted by Crippen LogP contribution is -2.46. The third-order valence-corrected chi connectivity index (χ3v) is 5.33. The molecule has 2 aromatic heterocycles. The van der Waals surface area contributed by atoms with Crippen molar-refractivity contribution in [2.75, 3.05) is 23.3 Å². The van der Waals surface area contributed by atoms with Gasteiger partial charge in [-0.15, -0.1) is 0 Å². The van der Waals surface area contributed by atoms with Gasteiger partial charge in [0.05, 0.1) is 11.9 Å². The smallest absolute Gasteiger partial charge is 0.171 e. The minimum atomic E-state index is -0.374. The largest absolute Gasteiger partial charge is 0.454 e. The number of anilines is 2. The van der Waals surface area contributed by atoms with Crippen molar-refractivity contribution in [3.63, 3.8) is 0 Å². The van der Waals surface area contributed by atoms with Gasteiger partial charge >= 0.3 is 0 Å². The number of thiocarbonyl (C=S) groups is 1. The first-order valence-corrected chi connectivity index (χ1v) is 10.6. The molecule has 4 rings (SSSR count). The normalized spacial score (nSPS) is 14.2. The fourth-order valence-corrected chi connectivity index (χ4v) is 3.78. The molecule has 0 atom stereocenters. The van der Waals surface area contributed by atoms with Crippen molar-refractivity contribution in [1.82, 2.24) is 15.3 Å². The van der Waals surface area contributed by atoms with Crippen LogP contribution >= 0.6 is 12.2 Å². The van der Waals surface area contributed by atoms with E-state index < -0.39 is 0 Å². The van der Waals surface area contributed by atoms with Gasteiger partial charge in [0, 0.05) is 37.6 Å². The summed E-state index contributed by atoms with van der Waals surface area (Å²) in [6.45, 7) is 3.52. The first-order chi connectivity index (χ1) is 15.1. The highest BCUT2D eigenvalue weighted by atomic mass is 32.1. The predicted octanol–water partition coefficient (Wildman–Crippen LogP) is 4.67. The van der Waals surface area contributed by atoms with Crippen LogP contribution in [0.4, 0.5) is 15.9 Å². The van der Waals surface area contributed by atoms with E-state index in [0.717, 1.165) is 43.0 Å². The molecule has 8 heteroatoms. The number of aromatic nitrogens is 2. The van der Waals surface area contributed by atoms with E-state index in [1.54, 1.807) is 30.7 Å². The molecular weight excluding hydrogens is 413 g/mol. The molecule has 0 saturated carbocycles. The molecule has 1 fully saturated rings. The van der Waals surface area contributed by atoms with Crippen molar-refractivity contribution in [1.29, 1.82) is 0 Å². The highest BCUT2D eigenvalue weighted by Gasteiger charge is 2.21. The second-order valence-electron chi connectivity index (χ2n) is 7.49. The molecule has 6 nitrogen and oxygen atoms in total. The minimum absolute atomic E-state index is 0.209. The number of benzene rings is 1. The van der Waals surface area contributed by atoms with Crippen LogP contribution in [0, 0.1) is 12.7 Å². The Kier molecular flexibility index (Phi) is 6.57. The van der Waals surface area contributed by atoms with Crippen molar-refractivity contribution < 1.29 is 9.13 Å². The number of rotatable bonds is 5. The summed E-state index contributed by atoms with van der Waals surface area (Å²) in [6.07, 6.45) is 7.00. The van der Waals surface area contributed by atoms with Crippen molar-refractivity contribution in [3.8, 4) is 11.5 Å². The van der Waals surface area contributed by atoms with Crippen LogP contribution in [0.3, 0.4) is 0 Å². The zero-order chi connectivity index (χ0) is 21.6. The summed E-state index contributed by atoms with van der Waals surface area (Å²) in [6, 6.07) is 12.6. The summed E-state index contributed by atoms with van der Waals surface area (Å²) in [5.74, 6) is 1.22. The van der Waals surface area contributed by atoms with Crippen LogP contribution in [-0.4, -0.2) is 34.2 Å². The van der Waals surface area contributed by atoms with Gasteiger partial charge in [-0.05, 0) is 67.9 Å². The molecule has 1 aromatic carbocycles. The molecule has 2 N–H and O–H groups in total. The summed E-state index contributed by atoms with van der Waals surface area (Å²) in [5, 5.41) is 7.13. The van der Waals surface area contributed by atoms with Crippen molar-refractivity contribution >= 4 is 28.8 Å². The molecule has 31 heavy (non-hydrogen) atoms. The Labute approximate surface area is 186 Å². The number of halogens is 1. The second-order valence-corrected chi connectivity index (χ2v) is 7.90. The van der Waals surface area contributed by atoms with E-state index in [1.807, 2.05) is 31.2 Å². The van der Waals surface area contributed by atoms with Gasteiger partial charge in [0.15, 0.2) is 16.7 Å². The van der Waals surface area contributed by atoms with Gasteiger partial charge in [-0.1, -0.05) is 6.07 Å². The third kappa shape index (κ3) is 5.67. The molecule has 0 aliphatic carbocycles. The molecule has 3 heterocycles. The quantitative estimate of drug-likeness (QED) is 0.563. The summed E-state index contributed by atoms with van der Waals surface area (Å²) in [7, 11) is 0. The van der Waals surface area contributed by atoms with Gasteiger partial charge in [-0.3, -0.25) is 4.98 Å². The average molecular weight is 438 g/mol. The Balaban J connectivity index is 1.31. The van der Waals surface area contributed by atoms with E-state index in [4.69, 9.17) is 17.0 Å². The van der Waals surface area contributed by atoms with Crippen LogP contribution in [0.15, 0.2) is 61.1 Å². The van der Waals surface area contributed by atoms with Crippen LogP contribution in [-0.2, 0) is 0 Å².